The van der Waals surface area contributed by atoms with Crippen LogP contribution in [0.25, 0.3) is 0 Å². The third kappa shape index (κ3) is 2.58. The SMILES string of the molecule is Cc1cc(C(F)(F)F)cc(C2(C)CC2C(F)(F)F)c1. The number of alkyl halides is 6. The topological polar surface area (TPSA) is 0 Å². The number of benzene rings is 1. The Bertz CT molecular complexity index is 499. The van der Waals surface area contributed by atoms with E-state index in [0.717, 1.165) is 12.1 Å². The molecule has 0 nitrogen and oxygen atoms in total. The van der Waals surface area contributed by atoms with Crippen LogP contribution in [0.2, 0.25) is 0 Å². The molecule has 1 aliphatic carbocycles. The van der Waals surface area contributed by atoms with Gasteiger partial charge in [0, 0.05) is 5.41 Å². The summed E-state index contributed by atoms with van der Waals surface area (Å²) in [5.41, 5.74) is -1.69. The molecule has 0 amide bonds. The maximum Gasteiger partial charge on any atom is 0.416 e. The number of rotatable bonds is 1. The zero-order valence-corrected chi connectivity index (χ0v) is 10.3. The average Bonchev–Trinajstić information content (AvgIpc) is 2.90. The summed E-state index contributed by atoms with van der Waals surface area (Å²) < 4.78 is 75.9. The first-order valence-corrected chi connectivity index (χ1v) is 5.71. The number of halogens is 6. The molecule has 1 aromatic carbocycles. The van der Waals surface area contributed by atoms with E-state index in [2.05, 4.69) is 0 Å². The second kappa shape index (κ2) is 3.90. The van der Waals surface area contributed by atoms with Crippen LogP contribution in [0.15, 0.2) is 18.2 Å². The first-order chi connectivity index (χ1) is 8.44. The van der Waals surface area contributed by atoms with E-state index in [-0.39, 0.29) is 12.0 Å². The molecule has 0 aromatic heterocycles. The Morgan fingerprint density at radius 1 is 1.05 bits per heavy atom. The zero-order chi connectivity index (χ0) is 14.6. The van der Waals surface area contributed by atoms with Gasteiger partial charge in [0.05, 0.1) is 11.5 Å². The van der Waals surface area contributed by atoms with Crippen molar-refractivity contribution in [3.63, 3.8) is 0 Å². The van der Waals surface area contributed by atoms with E-state index in [4.69, 9.17) is 0 Å². The van der Waals surface area contributed by atoms with Crippen molar-refractivity contribution in [2.24, 2.45) is 5.92 Å². The third-order valence-corrected chi connectivity index (χ3v) is 3.70. The molecule has 2 unspecified atom stereocenters. The molecule has 2 rings (SSSR count). The van der Waals surface area contributed by atoms with Gasteiger partial charge in [0.1, 0.15) is 0 Å². The molecule has 0 radical (unpaired) electrons. The van der Waals surface area contributed by atoms with Gasteiger partial charge < -0.3 is 0 Å². The van der Waals surface area contributed by atoms with E-state index in [9.17, 15) is 26.3 Å². The van der Waals surface area contributed by atoms with Gasteiger partial charge in [-0.3, -0.25) is 0 Å². The van der Waals surface area contributed by atoms with Crippen LogP contribution in [0, 0.1) is 12.8 Å². The van der Waals surface area contributed by atoms with E-state index in [1.807, 2.05) is 0 Å². The molecule has 19 heavy (non-hydrogen) atoms. The minimum Gasteiger partial charge on any atom is -0.171 e. The van der Waals surface area contributed by atoms with Crippen molar-refractivity contribution in [2.75, 3.05) is 0 Å². The molecule has 0 heterocycles. The van der Waals surface area contributed by atoms with Crippen molar-refractivity contribution in [1.29, 1.82) is 0 Å². The minimum atomic E-state index is -4.54. The van der Waals surface area contributed by atoms with Gasteiger partial charge in [-0.1, -0.05) is 18.6 Å². The molecule has 0 bridgehead atoms. The van der Waals surface area contributed by atoms with Crippen LogP contribution in [0.3, 0.4) is 0 Å². The van der Waals surface area contributed by atoms with Crippen LogP contribution < -0.4 is 0 Å². The second-order valence-electron chi connectivity index (χ2n) is 5.30. The van der Waals surface area contributed by atoms with Crippen LogP contribution in [0.4, 0.5) is 26.3 Å². The standard InChI is InChI=1S/C13H12F6/c1-7-3-8(5-9(4-7)12(14,15)16)11(2)6-10(11)13(17,18)19/h3-5,10H,6H2,1-2H3. The lowest BCUT2D eigenvalue weighted by Gasteiger charge is -2.17. The smallest absolute Gasteiger partial charge is 0.171 e. The highest BCUT2D eigenvalue weighted by atomic mass is 19.4. The number of hydrogen-bond acceptors (Lipinski definition) is 0. The predicted octanol–water partition coefficient (Wildman–Crippen LogP) is 4.85. The fourth-order valence-electron chi connectivity index (χ4n) is 2.44. The molecule has 0 N–H and O–H groups in total. The maximum absolute atomic E-state index is 12.7. The molecule has 0 saturated heterocycles. The summed E-state index contributed by atoms with van der Waals surface area (Å²) in [6.45, 7) is 2.81. The fourth-order valence-corrected chi connectivity index (χ4v) is 2.44. The average molecular weight is 282 g/mol. The van der Waals surface area contributed by atoms with Gasteiger partial charge in [-0.15, -0.1) is 0 Å². The first kappa shape index (κ1) is 14.2. The lowest BCUT2D eigenvalue weighted by molar-refractivity contribution is -0.152. The highest BCUT2D eigenvalue weighted by molar-refractivity contribution is 5.40. The Hall–Kier alpha value is -1.20. The Kier molecular flexibility index (Phi) is 2.92. The van der Waals surface area contributed by atoms with Crippen LogP contribution in [0.1, 0.15) is 30.0 Å². The molecule has 106 valence electrons. The summed E-state index contributed by atoms with van der Waals surface area (Å²) in [6, 6.07) is 3.18. The molecule has 1 fully saturated rings. The van der Waals surface area contributed by atoms with Crippen molar-refractivity contribution in [3.8, 4) is 0 Å². The molecule has 6 heteroatoms. The van der Waals surface area contributed by atoms with Gasteiger partial charge in [-0.25, -0.2) is 0 Å². The van der Waals surface area contributed by atoms with E-state index in [0.29, 0.717) is 5.56 Å². The highest BCUT2D eigenvalue weighted by Crippen LogP contribution is 2.61. The van der Waals surface area contributed by atoms with Crippen molar-refractivity contribution >= 4 is 0 Å². The van der Waals surface area contributed by atoms with Crippen molar-refractivity contribution < 1.29 is 26.3 Å². The summed E-state index contributed by atoms with van der Waals surface area (Å²) >= 11 is 0. The Morgan fingerprint density at radius 3 is 2.05 bits per heavy atom. The maximum atomic E-state index is 12.7. The molecular formula is C13H12F6. The van der Waals surface area contributed by atoms with Gasteiger partial charge in [0.25, 0.3) is 0 Å². The van der Waals surface area contributed by atoms with E-state index >= 15 is 0 Å². The monoisotopic (exact) mass is 282 g/mol. The van der Waals surface area contributed by atoms with Gasteiger partial charge in [0.15, 0.2) is 0 Å². The lowest BCUT2D eigenvalue weighted by atomic mass is 9.92. The largest absolute Gasteiger partial charge is 0.416 e. The van der Waals surface area contributed by atoms with Crippen LogP contribution >= 0.6 is 0 Å². The number of aryl methyl sites for hydroxylation is 1. The molecule has 1 aliphatic rings. The number of hydrogen-bond donors (Lipinski definition) is 0. The van der Waals surface area contributed by atoms with Gasteiger partial charge in [-0.2, -0.15) is 26.3 Å². The molecule has 0 spiro atoms. The highest BCUT2D eigenvalue weighted by Gasteiger charge is 2.64. The molecular weight excluding hydrogens is 270 g/mol. The Balaban J connectivity index is 2.40. The Labute approximate surface area is 106 Å². The van der Waals surface area contributed by atoms with Gasteiger partial charge >= 0.3 is 12.4 Å². The van der Waals surface area contributed by atoms with E-state index in [1.54, 1.807) is 0 Å². The second-order valence-corrected chi connectivity index (χ2v) is 5.30. The molecule has 1 saturated carbocycles. The van der Waals surface area contributed by atoms with Crippen LogP contribution in [-0.4, -0.2) is 6.18 Å². The normalized spacial score (nSPS) is 27.5. The molecule has 2 atom stereocenters. The summed E-state index contributed by atoms with van der Waals surface area (Å²) in [4.78, 5) is 0. The quantitative estimate of drug-likeness (QED) is 0.646. The fraction of sp³-hybridized carbons (Fsp3) is 0.538. The molecule has 1 aromatic rings. The van der Waals surface area contributed by atoms with Crippen molar-refractivity contribution in [2.45, 2.75) is 38.0 Å². The van der Waals surface area contributed by atoms with Crippen LogP contribution in [0.5, 0.6) is 0 Å². The minimum absolute atomic E-state index is 0.113. The lowest BCUT2D eigenvalue weighted by Crippen LogP contribution is -2.19. The zero-order valence-electron chi connectivity index (χ0n) is 10.3. The van der Waals surface area contributed by atoms with Gasteiger partial charge in [0.2, 0.25) is 0 Å². The summed E-state index contributed by atoms with van der Waals surface area (Å²) in [5.74, 6) is -1.55. The van der Waals surface area contributed by atoms with Gasteiger partial charge in [-0.05, 0) is 31.0 Å². The van der Waals surface area contributed by atoms with E-state index < -0.39 is 29.2 Å². The summed E-state index contributed by atoms with van der Waals surface area (Å²) in [7, 11) is 0. The first-order valence-electron chi connectivity index (χ1n) is 5.71. The predicted molar refractivity (Wildman–Crippen MR) is 57.7 cm³/mol. The Morgan fingerprint density at radius 2 is 1.63 bits per heavy atom. The summed E-state index contributed by atoms with van der Waals surface area (Å²) in [5, 5.41) is 0. The summed E-state index contributed by atoms with van der Waals surface area (Å²) in [6.07, 6.45) is -9.06. The van der Waals surface area contributed by atoms with E-state index in [1.165, 1.54) is 19.9 Å². The van der Waals surface area contributed by atoms with Crippen molar-refractivity contribution in [1.82, 2.24) is 0 Å². The van der Waals surface area contributed by atoms with Crippen LogP contribution in [-0.2, 0) is 11.6 Å². The van der Waals surface area contributed by atoms with Crippen molar-refractivity contribution in [3.05, 3.63) is 34.9 Å². The molecule has 0 aliphatic heterocycles. The third-order valence-electron chi connectivity index (χ3n) is 3.70.